The minimum atomic E-state index is -0.923. The first-order valence-corrected chi connectivity index (χ1v) is 22.6. The maximum absolute atomic E-state index is 17.6. The van der Waals surface area contributed by atoms with Crippen LogP contribution in [-0.2, 0) is 20.6 Å². The molecule has 4 fully saturated rings. The minimum absolute atomic E-state index is 0.0391. The van der Waals surface area contributed by atoms with Gasteiger partial charge >= 0.3 is 18.3 Å². The zero-order valence-corrected chi connectivity index (χ0v) is 38.1. The van der Waals surface area contributed by atoms with Gasteiger partial charge in [-0.1, -0.05) is 13.0 Å². The summed E-state index contributed by atoms with van der Waals surface area (Å²) in [6, 6.07) is 11.0. The average molecular weight is 926 g/mol. The molecule has 4 aliphatic heterocycles. The molecule has 0 radical (unpaired) electrons. The van der Waals surface area contributed by atoms with Crippen molar-refractivity contribution >= 4 is 45.4 Å². The standard InChI is InChI=1S/C48H53F2N7O10/c1-6-35-38(49)15-8-28-20-34(65-27-62-5)21-36(39(28)35)41-40(50)42-37(22-51-41)43(54-23-30-9-10-31(24-54)56(30)45(58)67-47(2,3)4)53-44(52-42)64-26-48-17-7-19-55(48)32(16-18-48)25-63-46(59)66-33-13-11-29(12-14-33)57(60)61/h8,11-15,20-22,30-32H,6-7,9-10,16-19,23-27H2,1-5H3/t30-,31+,32-,48-/m0/s1. The second kappa shape index (κ2) is 18.3. The molecule has 4 atom stereocenters. The topological polar surface area (TPSA) is 181 Å². The van der Waals surface area contributed by atoms with Crippen molar-refractivity contribution in [1.29, 1.82) is 0 Å². The summed E-state index contributed by atoms with van der Waals surface area (Å²) in [7, 11) is 1.49. The number of nitrogens with zero attached hydrogens (tertiary/aromatic N) is 7. The summed E-state index contributed by atoms with van der Waals surface area (Å²) < 4.78 is 67.2. The number of fused-ring (bicyclic) bond motifs is 5. The van der Waals surface area contributed by atoms with Gasteiger partial charge in [0.1, 0.15) is 53.2 Å². The smallest absolute Gasteiger partial charge is 0.468 e. The van der Waals surface area contributed by atoms with Gasteiger partial charge in [0.25, 0.3) is 5.69 Å². The Morgan fingerprint density at radius 1 is 0.970 bits per heavy atom. The summed E-state index contributed by atoms with van der Waals surface area (Å²) in [4.78, 5) is 57.1. The number of rotatable bonds is 13. The molecule has 0 unspecified atom stereocenters. The molecule has 9 rings (SSSR count). The molecule has 0 aliphatic carbocycles. The summed E-state index contributed by atoms with van der Waals surface area (Å²) in [5, 5.41) is 12.5. The number of piperazine rings is 1. The van der Waals surface area contributed by atoms with Gasteiger partial charge in [-0.25, -0.2) is 18.4 Å². The van der Waals surface area contributed by atoms with Crippen molar-refractivity contribution < 1.29 is 51.7 Å². The number of amides is 1. The van der Waals surface area contributed by atoms with Crippen molar-refractivity contribution in [3.05, 3.63) is 82.0 Å². The zero-order valence-electron chi connectivity index (χ0n) is 38.1. The first-order chi connectivity index (χ1) is 32.1. The fraction of sp³-hybridized carbons (Fsp3) is 0.479. The monoisotopic (exact) mass is 925 g/mol. The van der Waals surface area contributed by atoms with E-state index in [1.807, 2.05) is 37.5 Å². The van der Waals surface area contributed by atoms with Crippen LogP contribution in [0.2, 0.25) is 0 Å². The normalized spacial score (nSPS) is 21.4. The quantitative estimate of drug-likeness (QED) is 0.0359. The van der Waals surface area contributed by atoms with Crippen LogP contribution in [0.4, 0.5) is 29.9 Å². The van der Waals surface area contributed by atoms with Crippen LogP contribution in [0.5, 0.6) is 17.5 Å². The maximum Gasteiger partial charge on any atom is 0.513 e. The third-order valence-electron chi connectivity index (χ3n) is 13.3. The minimum Gasteiger partial charge on any atom is -0.468 e. The number of hydrogen-bond acceptors (Lipinski definition) is 15. The van der Waals surface area contributed by atoms with Crippen LogP contribution in [0.25, 0.3) is 32.9 Å². The second-order valence-electron chi connectivity index (χ2n) is 18.6. The van der Waals surface area contributed by atoms with Gasteiger partial charge in [0.2, 0.25) is 0 Å². The molecule has 4 saturated heterocycles. The van der Waals surface area contributed by atoms with Crippen LogP contribution in [-0.4, -0.2) is 118 Å². The number of nitro benzene ring substituents is 1. The number of carbonyl (C=O) groups is 2. The maximum atomic E-state index is 17.6. The molecule has 354 valence electrons. The fourth-order valence-electron chi connectivity index (χ4n) is 10.3. The van der Waals surface area contributed by atoms with Crippen molar-refractivity contribution in [3.63, 3.8) is 0 Å². The fourth-order valence-corrected chi connectivity index (χ4v) is 10.3. The van der Waals surface area contributed by atoms with E-state index < -0.39 is 33.9 Å². The summed E-state index contributed by atoms with van der Waals surface area (Å²) >= 11 is 0. The predicted octanol–water partition coefficient (Wildman–Crippen LogP) is 8.76. The summed E-state index contributed by atoms with van der Waals surface area (Å²) in [5.41, 5.74) is -0.620. The van der Waals surface area contributed by atoms with Crippen LogP contribution < -0.4 is 19.1 Å². The Balaban J connectivity index is 1.03. The lowest BCUT2D eigenvalue weighted by molar-refractivity contribution is -0.384. The lowest BCUT2D eigenvalue weighted by atomic mass is 9.94. The largest absolute Gasteiger partial charge is 0.513 e. The number of carbonyl (C=O) groups excluding carboxylic acids is 2. The van der Waals surface area contributed by atoms with E-state index in [1.54, 1.807) is 24.4 Å². The van der Waals surface area contributed by atoms with Gasteiger partial charge < -0.3 is 33.3 Å². The number of nitro groups is 1. The molecule has 0 spiro atoms. The summed E-state index contributed by atoms with van der Waals surface area (Å²) in [6.07, 6.45) is 5.18. The zero-order chi connectivity index (χ0) is 47.2. The van der Waals surface area contributed by atoms with Gasteiger partial charge in [-0.3, -0.25) is 24.9 Å². The lowest BCUT2D eigenvalue weighted by Gasteiger charge is -2.42. The van der Waals surface area contributed by atoms with E-state index >= 15 is 8.78 Å². The molecule has 5 aromatic rings. The molecule has 6 heterocycles. The Morgan fingerprint density at radius 2 is 1.73 bits per heavy atom. The van der Waals surface area contributed by atoms with Crippen molar-refractivity contribution in [1.82, 2.24) is 24.8 Å². The first kappa shape index (κ1) is 45.7. The first-order valence-electron chi connectivity index (χ1n) is 22.6. The van der Waals surface area contributed by atoms with E-state index in [0.29, 0.717) is 64.8 Å². The number of anilines is 1. The van der Waals surface area contributed by atoms with Crippen LogP contribution in [0.1, 0.15) is 71.8 Å². The number of methoxy groups -OCH3 is 1. The average Bonchev–Trinajstić information content (AvgIpc) is 3.95. The molecule has 17 nitrogen and oxygen atoms in total. The highest BCUT2D eigenvalue weighted by Gasteiger charge is 2.50. The highest BCUT2D eigenvalue weighted by molar-refractivity contribution is 6.02. The number of aryl methyl sites for hydroxylation is 1. The van der Waals surface area contributed by atoms with E-state index in [9.17, 15) is 19.7 Å². The van der Waals surface area contributed by atoms with Gasteiger partial charge in [-0.2, -0.15) is 9.97 Å². The SMILES string of the molecule is CCc1c(F)ccc2cc(OCOC)cc(-c3ncc4c(N5C[C@H]6CC[C@@H](C5)N6C(=O)OC(C)(C)C)nc(OC[C@@]56CCCN5[C@H](COC(=O)Oc5ccc([N+](=O)[O-])cc5)CC6)nc4c3F)c12. The van der Waals surface area contributed by atoms with Gasteiger partial charge in [0, 0.05) is 50.1 Å². The third kappa shape index (κ3) is 9.05. The Kier molecular flexibility index (Phi) is 12.5. The molecule has 2 bridgehead atoms. The highest BCUT2D eigenvalue weighted by Crippen LogP contribution is 2.44. The van der Waals surface area contributed by atoms with E-state index in [4.69, 9.17) is 43.4 Å². The number of hydrogen-bond donors (Lipinski definition) is 0. The second-order valence-corrected chi connectivity index (χ2v) is 18.6. The van der Waals surface area contributed by atoms with Crippen LogP contribution in [0.3, 0.4) is 0 Å². The number of aromatic nitrogens is 3. The van der Waals surface area contributed by atoms with Crippen LogP contribution >= 0.6 is 0 Å². The van der Waals surface area contributed by atoms with Crippen molar-refractivity contribution in [2.75, 3.05) is 51.7 Å². The van der Waals surface area contributed by atoms with Crippen molar-refractivity contribution in [3.8, 4) is 28.8 Å². The number of pyridine rings is 1. The van der Waals surface area contributed by atoms with E-state index in [2.05, 4.69) is 4.90 Å². The molecule has 1 amide bonds. The number of halogens is 2. The number of non-ortho nitro benzene ring substituents is 1. The van der Waals surface area contributed by atoms with E-state index in [0.717, 1.165) is 38.6 Å². The highest BCUT2D eigenvalue weighted by atomic mass is 19.1. The van der Waals surface area contributed by atoms with Crippen LogP contribution in [0, 0.1) is 21.7 Å². The molecule has 0 N–H and O–H groups in total. The number of benzene rings is 3. The molecule has 19 heteroatoms. The lowest BCUT2D eigenvalue weighted by Crippen LogP contribution is -2.57. The molecular weight excluding hydrogens is 873 g/mol. The molecule has 67 heavy (non-hydrogen) atoms. The van der Waals surface area contributed by atoms with Gasteiger partial charge in [-0.15, -0.1) is 0 Å². The Labute approximate surface area is 385 Å². The predicted molar refractivity (Wildman–Crippen MR) is 241 cm³/mol. The van der Waals surface area contributed by atoms with Crippen molar-refractivity contribution in [2.24, 2.45) is 0 Å². The number of ether oxygens (including phenoxy) is 6. The molecule has 2 aromatic heterocycles. The summed E-state index contributed by atoms with van der Waals surface area (Å²) in [6.45, 7) is 9.04. The third-order valence-corrected chi connectivity index (χ3v) is 13.3. The van der Waals surface area contributed by atoms with E-state index in [1.165, 1.54) is 37.4 Å². The molecule has 4 aliphatic rings. The van der Waals surface area contributed by atoms with E-state index in [-0.39, 0.29) is 72.9 Å². The molecule has 0 saturated carbocycles. The van der Waals surface area contributed by atoms with Gasteiger partial charge in [0.05, 0.1) is 27.9 Å². The van der Waals surface area contributed by atoms with Crippen molar-refractivity contribution in [2.45, 2.75) is 102 Å². The summed E-state index contributed by atoms with van der Waals surface area (Å²) in [5.74, 6) is -0.267. The molecular formula is C48H53F2N7O10. The van der Waals surface area contributed by atoms with Gasteiger partial charge in [0.15, 0.2) is 12.6 Å². The van der Waals surface area contributed by atoms with Crippen LogP contribution in [0.15, 0.2) is 54.7 Å². The Hall–Kier alpha value is -6.47. The Morgan fingerprint density at radius 3 is 2.43 bits per heavy atom. The molecule has 3 aromatic carbocycles. The van der Waals surface area contributed by atoms with Gasteiger partial charge in [-0.05, 0) is 119 Å². The Bertz CT molecular complexity index is 2710.